The normalized spacial score (nSPS) is 24.1. The molecule has 2 aromatic carbocycles. The van der Waals surface area contributed by atoms with E-state index >= 15 is 0 Å². The quantitative estimate of drug-likeness (QED) is 0.353. The number of aliphatic hydroxyl groups excluding tert-OH is 4. The van der Waals surface area contributed by atoms with Gasteiger partial charge in [0, 0.05) is 4.47 Å². The molecule has 1 saturated heterocycles. The van der Waals surface area contributed by atoms with Crippen LogP contribution in [0, 0.1) is 13.8 Å². The minimum atomic E-state index is -1.63. The monoisotopic (exact) mass is 556 g/mol. The van der Waals surface area contributed by atoms with Crippen molar-refractivity contribution in [2.45, 2.75) is 44.6 Å². The van der Waals surface area contributed by atoms with Crippen molar-refractivity contribution in [2.24, 2.45) is 0 Å². The number of methoxy groups -OCH3 is 3. The zero-order valence-electron chi connectivity index (χ0n) is 19.9. The number of carbonyl (C=O) groups is 1. The predicted molar refractivity (Wildman–Crippen MR) is 128 cm³/mol. The first kappa shape index (κ1) is 27.2. The number of hydrogen-bond acceptors (Lipinski definition) is 10. The van der Waals surface area contributed by atoms with Crippen LogP contribution in [-0.4, -0.2) is 84.9 Å². The molecule has 0 aliphatic carbocycles. The topological polar surface area (TPSA) is 144 Å². The van der Waals surface area contributed by atoms with Crippen molar-refractivity contribution in [2.75, 3.05) is 27.9 Å². The molecule has 1 fully saturated rings. The third-order valence-corrected chi connectivity index (χ3v) is 6.79. The number of hydrogen-bond donors (Lipinski definition) is 4. The lowest BCUT2D eigenvalue weighted by atomic mass is 9.93. The van der Waals surface area contributed by atoms with Crippen LogP contribution in [0.4, 0.5) is 0 Å². The van der Waals surface area contributed by atoms with E-state index in [2.05, 4.69) is 15.9 Å². The van der Waals surface area contributed by atoms with E-state index in [4.69, 9.17) is 23.7 Å². The smallest absolute Gasteiger partial charge is 0.229 e. The van der Waals surface area contributed by atoms with Gasteiger partial charge in [-0.3, -0.25) is 4.79 Å². The van der Waals surface area contributed by atoms with Crippen LogP contribution >= 0.6 is 15.9 Å². The number of aliphatic hydroxyl groups is 4. The summed E-state index contributed by atoms with van der Waals surface area (Å²) in [7, 11) is 4.20. The molecule has 5 atom stereocenters. The van der Waals surface area contributed by atoms with Gasteiger partial charge in [0.05, 0.1) is 39.1 Å². The average Bonchev–Trinajstić information content (AvgIpc) is 2.84. The largest absolute Gasteiger partial charge is 0.496 e. The summed E-state index contributed by atoms with van der Waals surface area (Å²) in [6.45, 7) is 2.86. The summed E-state index contributed by atoms with van der Waals surface area (Å²) in [5, 5.41) is 39.9. The van der Waals surface area contributed by atoms with E-state index in [1.54, 1.807) is 26.0 Å². The Morgan fingerprint density at radius 3 is 2.17 bits per heavy atom. The molecule has 0 aromatic heterocycles. The Kier molecular flexibility index (Phi) is 8.63. The molecular formula is C24H29BrO10. The van der Waals surface area contributed by atoms with Gasteiger partial charge in [0.1, 0.15) is 30.2 Å². The van der Waals surface area contributed by atoms with E-state index in [1.807, 2.05) is 0 Å². The molecule has 2 aromatic rings. The maximum Gasteiger partial charge on any atom is 0.229 e. The van der Waals surface area contributed by atoms with Gasteiger partial charge in [-0.15, -0.1) is 0 Å². The maximum atomic E-state index is 13.8. The van der Waals surface area contributed by atoms with E-state index in [0.29, 0.717) is 22.4 Å². The summed E-state index contributed by atoms with van der Waals surface area (Å²) in [4.78, 5) is 13.8. The van der Waals surface area contributed by atoms with Gasteiger partial charge < -0.3 is 44.1 Å². The minimum Gasteiger partial charge on any atom is -0.496 e. The molecule has 0 spiro atoms. The fourth-order valence-corrected chi connectivity index (χ4v) is 4.36. The molecule has 3 rings (SSSR count). The molecule has 192 valence electrons. The van der Waals surface area contributed by atoms with Crippen LogP contribution in [0.3, 0.4) is 0 Å². The van der Waals surface area contributed by atoms with Crippen molar-refractivity contribution in [3.05, 3.63) is 44.9 Å². The Morgan fingerprint density at radius 1 is 0.943 bits per heavy atom. The second-order valence-corrected chi connectivity index (χ2v) is 8.88. The van der Waals surface area contributed by atoms with Crippen LogP contribution < -0.4 is 18.9 Å². The zero-order chi connectivity index (χ0) is 26.0. The van der Waals surface area contributed by atoms with Gasteiger partial charge in [-0.2, -0.15) is 0 Å². The van der Waals surface area contributed by atoms with Crippen LogP contribution in [0.5, 0.6) is 23.0 Å². The van der Waals surface area contributed by atoms with Gasteiger partial charge in [0.2, 0.25) is 17.8 Å². The Labute approximate surface area is 211 Å². The first-order chi connectivity index (χ1) is 16.6. The highest BCUT2D eigenvalue weighted by Crippen LogP contribution is 2.45. The second kappa shape index (κ2) is 11.1. The molecular weight excluding hydrogens is 528 g/mol. The van der Waals surface area contributed by atoms with E-state index in [1.165, 1.54) is 27.4 Å². The van der Waals surface area contributed by atoms with Gasteiger partial charge >= 0.3 is 0 Å². The highest BCUT2D eigenvalue weighted by molar-refractivity contribution is 9.10. The van der Waals surface area contributed by atoms with Gasteiger partial charge in [-0.05, 0) is 43.2 Å². The maximum absolute atomic E-state index is 13.8. The number of rotatable bonds is 8. The zero-order valence-corrected chi connectivity index (χ0v) is 21.5. The Balaban J connectivity index is 2.09. The first-order valence-electron chi connectivity index (χ1n) is 10.7. The van der Waals surface area contributed by atoms with Crippen molar-refractivity contribution in [1.82, 2.24) is 0 Å². The van der Waals surface area contributed by atoms with Gasteiger partial charge in [0.15, 0.2) is 11.5 Å². The number of ketones is 1. The fourth-order valence-electron chi connectivity index (χ4n) is 4.03. The van der Waals surface area contributed by atoms with Crippen LogP contribution in [-0.2, 0) is 4.74 Å². The van der Waals surface area contributed by atoms with Crippen molar-refractivity contribution in [3.63, 3.8) is 0 Å². The third kappa shape index (κ3) is 4.97. The Bertz CT molecular complexity index is 1090. The molecule has 1 heterocycles. The molecule has 0 bridgehead atoms. The lowest BCUT2D eigenvalue weighted by Crippen LogP contribution is -2.60. The molecule has 10 nitrogen and oxygen atoms in total. The van der Waals surface area contributed by atoms with Gasteiger partial charge in [0.25, 0.3) is 0 Å². The molecule has 1 aliphatic heterocycles. The lowest BCUT2D eigenvalue weighted by molar-refractivity contribution is -0.277. The number of carbonyl (C=O) groups excluding carboxylic acids is 1. The van der Waals surface area contributed by atoms with Crippen molar-refractivity contribution < 1.29 is 48.9 Å². The SMILES string of the molecule is COc1ccc(Br)c(C)c1C(=O)c1c(C)cc(O[C@@H]2O[C@H](CO)[C@@H](O)[C@H](O)[C@H]2O)c(OC)c1OC. The van der Waals surface area contributed by atoms with Crippen molar-refractivity contribution in [1.29, 1.82) is 0 Å². The van der Waals surface area contributed by atoms with Crippen molar-refractivity contribution >= 4 is 21.7 Å². The van der Waals surface area contributed by atoms with Crippen LogP contribution in [0.15, 0.2) is 22.7 Å². The van der Waals surface area contributed by atoms with Crippen molar-refractivity contribution in [3.8, 4) is 23.0 Å². The first-order valence-corrected chi connectivity index (χ1v) is 11.5. The van der Waals surface area contributed by atoms with Crippen LogP contribution in [0.1, 0.15) is 27.0 Å². The molecule has 0 unspecified atom stereocenters. The number of benzene rings is 2. The summed E-state index contributed by atoms with van der Waals surface area (Å²) in [5.41, 5.74) is 1.70. The predicted octanol–water partition coefficient (Wildman–Crippen LogP) is 1.50. The molecule has 1 aliphatic rings. The van der Waals surface area contributed by atoms with Gasteiger partial charge in [-0.25, -0.2) is 0 Å². The number of aryl methyl sites for hydroxylation is 1. The molecule has 35 heavy (non-hydrogen) atoms. The van der Waals surface area contributed by atoms with E-state index < -0.39 is 37.3 Å². The molecule has 0 amide bonds. The molecule has 0 radical (unpaired) electrons. The summed E-state index contributed by atoms with van der Waals surface area (Å²) >= 11 is 3.45. The standard InChI is InChI=1S/C24H29BrO10/c1-10-8-14(34-24-21(30)20(29)18(27)15(9-26)35-24)22(32-4)23(33-5)16(10)19(28)17-11(2)12(25)6-7-13(17)31-3/h6-8,15,18,20-21,24,26-27,29-30H,9H2,1-5H3/t15-,18-,20+,21-,24-/m1/s1. The second-order valence-electron chi connectivity index (χ2n) is 8.03. The minimum absolute atomic E-state index is 0.0463. The van der Waals surface area contributed by atoms with Crippen LogP contribution in [0.25, 0.3) is 0 Å². The average molecular weight is 557 g/mol. The highest BCUT2D eigenvalue weighted by atomic mass is 79.9. The Morgan fingerprint density at radius 2 is 1.60 bits per heavy atom. The van der Waals surface area contributed by atoms with E-state index in [-0.39, 0.29) is 28.6 Å². The Hall–Kier alpha value is -2.41. The molecule has 4 N–H and O–H groups in total. The molecule has 0 saturated carbocycles. The molecule has 11 heteroatoms. The van der Waals surface area contributed by atoms with Crippen LogP contribution in [0.2, 0.25) is 0 Å². The number of halogens is 1. The third-order valence-electron chi connectivity index (χ3n) is 5.93. The van der Waals surface area contributed by atoms with E-state index in [0.717, 1.165) is 4.47 Å². The summed E-state index contributed by atoms with van der Waals surface area (Å²) < 4.78 is 28.4. The summed E-state index contributed by atoms with van der Waals surface area (Å²) in [6.07, 6.45) is -7.37. The van der Waals surface area contributed by atoms with Gasteiger partial charge in [-0.1, -0.05) is 15.9 Å². The summed E-state index contributed by atoms with van der Waals surface area (Å²) in [5.74, 6) is 0.203. The highest BCUT2D eigenvalue weighted by Gasteiger charge is 2.45. The van der Waals surface area contributed by atoms with E-state index in [9.17, 15) is 25.2 Å². The lowest BCUT2D eigenvalue weighted by Gasteiger charge is -2.39. The fraction of sp³-hybridized carbons (Fsp3) is 0.458. The summed E-state index contributed by atoms with van der Waals surface area (Å²) in [6, 6.07) is 4.98. The number of ether oxygens (including phenoxy) is 5.